The number of aromatic hydroxyl groups is 1. The molecule has 0 aliphatic rings. The molecule has 0 fully saturated rings. The molecule has 3 rings (SSSR count). The van der Waals surface area contributed by atoms with Gasteiger partial charge in [-0.15, -0.1) is 11.3 Å². The minimum atomic E-state index is -0.204. The number of pyridine rings is 1. The normalized spacial score (nSPS) is 10.7. The van der Waals surface area contributed by atoms with Crippen LogP contribution in [0.3, 0.4) is 0 Å². The van der Waals surface area contributed by atoms with Crippen LogP contribution in [-0.2, 0) is 0 Å². The predicted octanol–water partition coefficient (Wildman–Crippen LogP) is 3.24. The Balaban J connectivity index is 2.12. The van der Waals surface area contributed by atoms with Crippen LogP contribution in [0.25, 0.3) is 10.2 Å². The summed E-state index contributed by atoms with van der Waals surface area (Å²) >= 11 is 1.17. The zero-order valence-electron chi connectivity index (χ0n) is 10.7. The standard InChI is InChI=1S/C15H11NO3S/c1-19-11-8-7-10-13(18)14(20-15(10)16-11)12(17)9-5-3-2-4-6-9/h2-8,18H,1H3. The lowest BCUT2D eigenvalue weighted by atomic mass is 10.1. The first-order chi connectivity index (χ1) is 9.70. The molecule has 1 aromatic carbocycles. The second kappa shape index (κ2) is 4.94. The molecule has 1 N–H and O–H groups in total. The van der Waals surface area contributed by atoms with Gasteiger partial charge in [-0.1, -0.05) is 30.3 Å². The number of ether oxygens (including phenoxy) is 1. The highest BCUT2D eigenvalue weighted by molar-refractivity contribution is 7.21. The van der Waals surface area contributed by atoms with Crippen molar-refractivity contribution in [1.29, 1.82) is 0 Å². The number of carbonyl (C=O) groups is 1. The van der Waals surface area contributed by atoms with Gasteiger partial charge in [-0.25, -0.2) is 4.98 Å². The summed E-state index contributed by atoms with van der Waals surface area (Å²) in [4.78, 5) is 17.5. The summed E-state index contributed by atoms with van der Waals surface area (Å²) in [6, 6.07) is 12.2. The van der Waals surface area contributed by atoms with Crippen molar-refractivity contribution in [1.82, 2.24) is 4.98 Å². The molecule has 20 heavy (non-hydrogen) atoms. The average Bonchev–Trinajstić information content (AvgIpc) is 2.84. The second-order valence-corrected chi connectivity index (χ2v) is 5.18. The highest BCUT2D eigenvalue weighted by Gasteiger charge is 2.20. The topological polar surface area (TPSA) is 59.4 Å². The third-order valence-corrected chi connectivity index (χ3v) is 4.04. The lowest BCUT2D eigenvalue weighted by molar-refractivity contribution is 0.104. The van der Waals surface area contributed by atoms with Crippen molar-refractivity contribution in [3.05, 3.63) is 52.9 Å². The van der Waals surface area contributed by atoms with E-state index in [0.29, 0.717) is 26.5 Å². The zero-order valence-corrected chi connectivity index (χ0v) is 11.5. The van der Waals surface area contributed by atoms with Crippen molar-refractivity contribution in [2.24, 2.45) is 0 Å². The van der Waals surface area contributed by atoms with Gasteiger partial charge in [-0.2, -0.15) is 0 Å². The fourth-order valence-electron chi connectivity index (χ4n) is 1.94. The maximum absolute atomic E-state index is 12.4. The molecule has 0 spiro atoms. The Morgan fingerprint density at radius 2 is 1.95 bits per heavy atom. The molecule has 0 aliphatic heterocycles. The van der Waals surface area contributed by atoms with Crippen LogP contribution in [0.4, 0.5) is 0 Å². The van der Waals surface area contributed by atoms with E-state index in [2.05, 4.69) is 4.98 Å². The zero-order chi connectivity index (χ0) is 14.1. The number of hydrogen-bond acceptors (Lipinski definition) is 5. The second-order valence-electron chi connectivity index (χ2n) is 4.18. The maximum Gasteiger partial charge on any atom is 0.214 e. The van der Waals surface area contributed by atoms with E-state index < -0.39 is 0 Å². The summed E-state index contributed by atoms with van der Waals surface area (Å²) in [6.07, 6.45) is 0. The van der Waals surface area contributed by atoms with E-state index in [1.807, 2.05) is 6.07 Å². The van der Waals surface area contributed by atoms with Crippen molar-refractivity contribution in [3.63, 3.8) is 0 Å². The average molecular weight is 285 g/mol. The molecule has 4 nitrogen and oxygen atoms in total. The van der Waals surface area contributed by atoms with Gasteiger partial charge in [0.2, 0.25) is 11.7 Å². The number of fused-ring (bicyclic) bond motifs is 1. The summed E-state index contributed by atoms with van der Waals surface area (Å²) in [5.74, 6) is 0.233. The fraction of sp³-hybridized carbons (Fsp3) is 0.0667. The fourth-order valence-corrected chi connectivity index (χ4v) is 2.96. The van der Waals surface area contributed by atoms with Gasteiger partial charge in [0.05, 0.1) is 12.5 Å². The summed E-state index contributed by atoms with van der Waals surface area (Å²) < 4.78 is 5.05. The molecule has 2 heterocycles. The highest BCUT2D eigenvalue weighted by atomic mass is 32.1. The Bertz CT molecular complexity index is 780. The summed E-state index contributed by atoms with van der Waals surface area (Å²) in [5, 5.41) is 10.8. The van der Waals surface area contributed by atoms with E-state index in [1.165, 1.54) is 18.4 Å². The molecule has 0 unspecified atom stereocenters. The van der Waals surface area contributed by atoms with E-state index in [-0.39, 0.29) is 11.5 Å². The number of aromatic nitrogens is 1. The first-order valence-electron chi connectivity index (χ1n) is 5.97. The van der Waals surface area contributed by atoms with Crippen molar-refractivity contribution >= 4 is 27.3 Å². The quantitative estimate of drug-likeness (QED) is 0.750. The molecule has 0 aliphatic carbocycles. The molecule has 0 atom stereocenters. The Labute approximate surface area is 119 Å². The predicted molar refractivity (Wildman–Crippen MR) is 77.7 cm³/mol. The lowest BCUT2D eigenvalue weighted by Gasteiger charge is -1.98. The molecular weight excluding hydrogens is 274 g/mol. The number of methoxy groups -OCH3 is 1. The van der Waals surface area contributed by atoms with Gasteiger partial charge in [0.15, 0.2) is 0 Å². The van der Waals surface area contributed by atoms with Gasteiger partial charge in [-0.05, 0) is 6.07 Å². The monoisotopic (exact) mass is 285 g/mol. The molecule has 0 saturated heterocycles. The largest absolute Gasteiger partial charge is 0.506 e. The Hall–Kier alpha value is -2.40. The van der Waals surface area contributed by atoms with Gasteiger partial charge in [0.25, 0.3) is 0 Å². The Kier molecular flexibility index (Phi) is 3.12. The first-order valence-corrected chi connectivity index (χ1v) is 6.78. The smallest absolute Gasteiger partial charge is 0.214 e. The number of rotatable bonds is 3. The summed E-state index contributed by atoms with van der Waals surface area (Å²) in [5.41, 5.74) is 0.543. The van der Waals surface area contributed by atoms with Crippen LogP contribution in [0.5, 0.6) is 11.6 Å². The molecule has 3 aromatic rings. The van der Waals surface area contributed by atoms with Gasteiger partial charge in [0, 0.05) is 11.6 Å². The molecule has 100 valence electrons. The van der Waals surface area contributed by atoms with Crippen LogP contribution in [-0.4, -0.2) is 23.0 Å². The molecule has 0 saturated carbocycles. The number of benzene rings is 1. The van der Waals surface area contributed by atoms with Crippen LogP contribution < -0.4 is 4.74 Å². The van der Waals surface area contributed by atoms with Gasteiger partial charge in [0.1, 0.15) is 15.5 Å². The maximum atomic E-state index is 12.4. The number of ketones is 1. The minimum Gasteiger partial charge on any atom is -0.506 e. The van der Waals surface area contributed by atoms with Gasteiger partial charge >= 0.3 is 0 Å². The minimum absolute atomic E-state index is 0.0194. The van der Waals surface area contributed by atoms with Gasteiger partial charge < -0.3 is 9.84 Å². The highest BCUT2D eigenvalue weighted by Crippen LogP contribution is 2.37. The number of carbonyl (C=O) groups excluding carboxylic acids is 1. The molecule has 0 radical (unpaired) electrons. The van der Waals surface area contributed by atoms with Crippen LogP contribution in [0.2, 0.25) is 0 Å². The summed E-state index contributed by atoms with van der Waals surface area (Å²) in [7, 11) is 1.53. The Morgan fingerprint density at radius 3 is 2.65 bits per heavy atom. The number of hydrogen-bond donors (Lipinski definition) is 1. The van der Waals surface area contributed by atoms with Crippen LogP contribution in [0.1, 0.15) is 15.2 Å². The van der Waals surface area contributed by atoms with E-state index in [9.17, 15) is 9.90 Å². The molecular formula is C15H11NO3S. The van der Waals surface area contributed by atoms with Crippen LogP contribution >= 0.6 is 11.3 Å². The van der Waals surface area contributed by atoms with Crippen LogP contribution in [0.15, 0.2) is 42.5 Å². The van der Waals surface area contributed by atoms with E-state index in [1.54, 1.807) is 36.4 Å². The van der Waals surface area contributed by atoms with Crippen LogP contribution in [0, 0.1) is 0 Å². The van der Waals surface area contributed by atoms with E-state index in [0.717, 1.165) is 0 Å². The Morgan fingerprint density at radius 1 is 1.20 bits per heavy atom. The van der Waals surface area contributed by atoms with Crippen molar-refractivity contribution in [3.8, 4) is 11.6 Å². The number of thiophene rings is 1. The van der Waals surface area contributed by atoms with Crippen molar-refractivity contribution in [2.45, 2.75) is 0 Å². The van der Waals surface area contributed by atoms with E-state index >= 15 is 0 Å². The molecule has 0 amide bonds. The molecule has 0 bridgehead atoms. The number of nitrogens with zero attached hydrogens (tertiary/aromatic N) is 1. The van der Waals surface area contributed by atoms with Crippen molar-refractivity contribution in [2.75, 3.05) is 7.11 Å². The van der Waals surface area contributed by atoms with Gasteiger partial charge in [-0.3, -0.25) is 4.79 Å². The van der Waals surface area contributed by atoms with E-state index in [4.69, 9.17) is 4.74 Å². The first kappa shape index (κ1) is 12.6. The summed E-state index contributed by atoms with van der Waals surface area (Å²) in [6.45, 7) is 0. The van der Waals surface area contributed by atoms with Crippen molar-refractivity contribution < 1.29 is 14.6 Å². The lowest BCUT2D eigenvalue weighted by Crippen LogP contribution is -1.97. The SMILES string of the molecule is COc1ccc2c(O)c(C(=O)c3ccccc3)sc2n1. The third-order valence-electron chi connectivity index (χ3n) is 2.96. The molecule has 5 heteroatoms. The third kappa shape index (κ3) is 2.02. The molecule has 2 aromatic heterocycles.